The van der Waals surface area contributed by atoms with Crippen LogP contribution in [0.2, 0.25) is 0 Å². The van der Waals surface area contributed by atoms with E-state index in [1.54, 1.807) is 18.4 Å². The minimum atomic E-state index is -0.795. The van der Waals surface area contributed by atoms with Crippen molar-refractivity contribution < 1.29 is 13.8 Å². The summed E-state index contributed by atoms with van der Waals surface area (Å²) >= 11 is 0. The molecule has 2 amide bonds. The Morgan fingerprint density at radius 3 is 2.22 bits per heavy atom. The van der Waals surface area contributed by atoms with Gasteiger partial charge in [-0.3, -0.25) is 18.7 Å². The third-order valence-corrected chi connectivity index (χ3v) is 5.67. The van der Waals surface area contributed by atoms with Gasteiger partial charge in [0.15, 0.2) is 0 Å². The van der Waals surface area contributed by atoms with Gasteiger partial charge < -0.3 is 10.2 Å². The maximum atomic E-state index is 13.0. The number of hydrogen-bond donors (Lipinski definition) is 1. The van der Waals surface area contributed by atoms with Crippen LogP contribution in [0.1, 0.15) is 29.8 Å². The summed E-state index contributed by atoms with van der Waals surface area (Å²) < 4.78 is 11.2. The molecule has 1 aliphatic heterocycles. The third-order valence-electron chi connectivity index (χ3n) is 4.91. The molecule has 0 radical (unpaired) electrons. The average Bonchev–Trinajstić information content (AvgIpc) is 2.64. The van der Waals surface area contributed by atoms with Gasteiger partial charge in [-0.1, -0.05) is 31.5 Å². The van der Waals surface area contributed by atoms with Crippen LogP contribution in [0.25, 0.3) is 0 Å². The van der Waals surface area contributed by atoms with Crippen LogP contribution in [0.5, 0.6) is 0 Å². The summed E-state index contributed by atoms with van der Waals surface area (Å²) in [6.45, 7) is 9.50. The Labute approximate surface area is 164 Å². The summed E-state index contributed by atoms with van der Waals surface area (Å²) in [5.41, 5.74) is 1.66. The molecule has 27 heavy (non-hydrogen) atoms. The molecule has 1 aliphatic rings. The first-order valence-corrected chi connectivity index (χ1v) is 11.2. The third kappa shape index (κ3) is 6.43. The van der Waals surface area contributed by atoms with Crippen molar-refractivity contribution in [1.29, 1.82) is 0 Å². The van der Waals surface area contributed by atoms with Gasteiger partial charge in [-0.25, -0.2) is 0 Å². The van der Waals surface area contributed by atoms with Crippen molar-refractivity contribution in [3.05, 3.63) is 35.4 Å². The molecule has 1 heterocycles. The van der Waals surface area contributed by atoms with E-state index in [0.29, 0.717) is 24.4 Å². The standard InChI is InChI=1S/C20H31N3O3S/c1-15(2)18(21-19(24)17-7-5-16(3)6-8-17)20(25)23-11-9-22(10-12-23)13-14-27(4)26/h5-8,15,18H,9-14H2,1-4H3,(H,21,24)/t18-,27-/m1/s1. The Balaban J connectivity index is 1.94. The van der Waals surface area contributed by atoms with Crippen molar-refractivity contribution in [3.63, 3.8) is 0 Å². The smallest absolute Gasteiger partial charge is 0.251 e. The molecule has 0 spiro atoms. The molecular weight excluding hydrogens is 362 g/mol. The van der Waals surface area contributed by atoms with Crippen LogP contribution in [0.15, 0.2) is 24.3 Å². The Kier molecular flexibility index (Phi) is 7.98. The Morgan fingerprint density at radius 2 is 1.70 bits per heavy atom. The molecule has 1 saturated heterocycles. The molecule has 2 rings (SSSR count). The number of amides is 2. The van der Waals surface area contributed by atoms with E-state index in [4.69, 9.17) is 0 Å². The molecule has 6 nitrogen and oxygen atoms in total. The monoisotopic (exact) mass is 393 g/mol. The Morgan fingerprint density at radius 1 is 1.11 bits per heavy atom. The van der Waals surface area contributed by atoms with Crippen LogP contribution < -0.4 is 5.32 Å². The lowest BCUT2D eigenvalue weighted by molar-refractivity contribution is -0.136. The molecule has 1 aromatic rings. The highest BCUT2D eigenvalue weighted by atomic mass is 32.2. The zero-order valence-corrected chi connectivity index (χ0v) is 17.6. The van der Waals surface area contributed by atoms with Gasteiger partial charge in [-0.15, -0.1) is 0 Å². The van der Waals surface area contributed by atoms with Crippen LogP contribution in [0, 0.1) is 12.8 Å². The fourth-order valence-electron chi connectivity index (χ4n) is 3.09. The minimum absolute atomic E-state index is 0.00689. The normalized spacial score (nSPS) is 17.6. The molecular formula is C20H31N3O3S. The van der Waals surface area contributed by atoms with E-state index in [1.165, 1.54) is 0 Å². The van der Waals surface area contributed by atoms with Gasteiger partial charge in [0.2, 0.25) is 5.91 Å². The average molecular weight is 394 g/mol. The first kappa shape index (κ1) is 21.6. The van der Waals surface area contributed by atoms with Crippen LogP contribution in [0.3, 0.4) is 0 Å². The van der Waals surface area contributed by atoms with Crippen molar-refractivity contribution in [2.75, 3.05) is 44.7 Å². The van der Waals surface area contributed by atoms with Gasteiger partial charge in [0.25, 0.3) is 5.91 Å². The highest BCUT2D eigenvalue weighted by Crippen LogP contribution is 2.11. The number of carbonyl (C=O) groups excluding carboxylic acids is 2. The van der Waals surface area contributed by atoms with Crippen LogP contribution in [-0.4, -0.2) is 76.6 Å². The zero-order chi connectivity index (χ0) is 20.0. The number of nitrogens with zero attached hydrogens (tertiary/aromatic N) is 2. The van der Waals surface area contributed by atoms with E-state index >= 15 is 0 Å². The number of carbonyl (C=O) groups is 2. The van der Waals surface area contributed by atoms with Crippen molar-refractivity contribution in [3.8, 4) is 0 Å². The molecule has 150 valence electrons. The fraction of sp³-hybridized carbons (Fsp3) is 0.600. The largest absolute Gasteiger partial charge is 0.340 e. The molecule has 0 aliphatic carbocycles. The summed E-state index contributed by atoms with van der Waals surface area (Å²) in [4.78, 5) is 29.6. The number of rotatable bonds is 7. The number of hydrogen-bond acceptors (Lipinski definition) is 4. The SMILES string of the molecule is Cc1ccc(C(=O)N[C@@H](C(=O)N2CCN(CC[S@@](C)=O)CC2)C(C)C)cc1. The van der Waals surface area contributed by atoms with E-state index < -0.39 is 16.8 Å². The van der Waals surface area contributed by atoms with Crippen molar-refractivity contribution in [2.45, 2.75) is 26.8 Å². The predicted octanol–water partition coefficient (Wildman–Crippen LogP) is 1.27. The molecule has 0 bridgehead atoms. The van der Waals surface area contributed by atoms with Crippen molar-refractivity contribution in [1.82, 2.24) is 15.1 Å². The molecule has 7 heteroatoms. The van der Waals surface area contributed by atoms with E-state index in [-0.39, 0.29) is 17.7 Å². The van der Waals surface area contributed by atoms with Gasteiger partial charge in [0, 0.05) is 61.1 Å². The Bertz CT molecular complexity index is 668. The lowest BCUT2D eigenvalue weighted by Gasteiger charge is -2.37. The summed E-state index contributed by atoms with van der Waals surface area (Å²) in [6, 6.07) is 6.81. The van der Waals surface area contributed by atoms with Crippen LogP contribution >= 0.6 is 0 Å². The second-order valence-corrected chi connectivity index (χ2v) is 9.06. The summed E-state index contributed by atoms with van der Waals surface area (Å²) in [5, 5.41) is 2.92. The first-order chi connectivity index (χ1) is 12.8. The van der Waals surface area contributed by atoms with E-state index in [0.717, 1.165) is 25.2 Å². The summed E-state index contributed by atoms with van der Waals surface area (Å²) in [5.74, 6) is 0.428. The Hall–Kier alpha value is -1.73. The van der Waals surface area contributed by atoms with Gasteiger partial charge in [-0.05, 0) is 25.0 Å². The number of nitrogens with one attached hydrogen (secondary N) is 1. The molecule has 0 unspecified atom stereocenters. The van der Waals surface area contributed by atoms with E-state index in [1.807, 2.05) is 37.8 Å². The fourth-order valence-corrected chi connectivity index (χ4v) is 3.60. The molecule has 0 saturated carbocycles. The molecule has 1 N–H and O–H groups in total. The molecule has 1 fully saturated rings. The van der Waals surface area contributed by atoms with Gasteiger partial charge in [-0.2, -0.15) is 0 Å². The highest BCUT2D eigenvalue weighted by Gasteiger charge is 2.30. The minimum Gasteiger partial charge on any atom is -0.340 e. The quantitative estimate of drug-likeness (QED) is 0.758. The second-order valence-electron chi connectivity index (χ2n) is 7.51. The number of aryl methyl sites for hydroxylation is 1. The highest BCUT2D eigenvalue weighted by molar-refractivity contribution is 7.84. The predicted molar refractivity (Wildman–Crippen MR) is 109 cm³/mol. The van der Waals surface area contributed by atoms with Crippen LogP contribution in [0.4, 0.5) is 0 Å². The second kappa shape index (κ2) is 9.99. The van der Waals surface area contributed by atoms with E-state index in [9.17, 15) is 13.8 Å². The molecule has 2 atom stereocenters. The lowest BCUT2D eigenvalue weighted by atomic mass is 10.0. The first-order valence-electron chi connectivity index (χ1n) is 9.46. The van der Waals surface area contributed by atoms with Gasteiger partial charge in [0.1, 0.15) is 6.04 Å². The summed E-state index contributed by atoms with van der Waals surface area (Å²) in [7, 11) is -0.795. The maximum Gasteiger partial charge on any atom is 0.251 e. The van der Waals surface area contributed by atoms with Gasteiger partial charge >= 0.3 is 0 Å². The van der Waals surface area contributed by atoms with E-state index in [2.05, 4.69) is 10.2 Å². The molecule has 1 aromatic carbocycles. The number of benzene rings is 1. The number of piperazine rings is 1. The lowest BCUT2D eigenvalue weighted by Crippen LogP contribution is -2.56. The topological polar surface area (TPSA) is 69.7 Å². The zero-order valence-electron chi connectivity index (χ0n) is 16.7. The van der Waals surface area contributed by atoms with Crippen molar-refractivity contribution in [2.24, 2.45) is 5.92 Å². The van der Waals surface area contributed by atoms with Crippen molar-refractivity contribution >= 4 is 22.6 Å². The summed E-state index contributed by atoms with van der Waals surface area (Å²) in [6.07, 6.45) is 1.71. The van der Waals surface area contributed by atoms with Crippen LogP contribution in [-0.2, 0) is 15.6 Å². The molecule has 0 aromatic heterocycles. The maximum absolute atomic E-state index is 13.0. The van der Waals surface area contributed by atoms with Gasteiger partial charge in [0.05, 0.1) is 0 Å².